The average Bonchev–Trinajstić information content (AvgIpc) is 1.88. The van der Waals surface area contributed by atoms with E-state index in [0.717, 1.165) is 0 Å². The van der Waals surface area contributed by atoms with E-state index < -0.39 is 0 Å². The molecule has 0 saturated carbocycles. The van der Waals surface area contributed by atoms with Crippen LogP contribution < -0.4 is 4.98 Å². The first kappa shape index (κ1) is 7.26. The molecular formula is C9H14N+. The summed E-state index contributed by atoms with van der Waals surface area (Å²) >= 11 is 0. The highest BCUT2D eigenvalue weighted by Gasteiger charge is 2.00. The van der Waals surface area contributed by atoms with Gasteiger partial charge in [0.05, 0.1) is 0 Å². The third-order valence-corrected chi connectivity index (χ3v) is 1.64. The molecule has 1 aromatic rings. The van der Waals surface area contributed by atoms with Crippen LogP contribution in [0.4, 0.5) is 0 Å². The van der Waals surface area contributed by atoms with Crippen LogP contribution in [0.5, 0.6) is 0 Å². The van der Waals surface area contributed by atoms with Gasteiger partial charge in [0.15, 0.2) is 11.9 Å². The van der Waals surface area contributed by atoms with Gasteiger partial charge in [-0.15, -0.1) is 0 Å². The summed E-state index contributed by atoms with van der Waals surface area (Å²) in [4.78, 5) is 3.13. The van der Waals surface area contributed by atoms with Crippen LogP contribution in [0.1, 0.15) is 31.0 Å². The lowest BCUT2D eigenvalue weighted by atomic mass is 10.0. The zero-order valence-electron chi connectivity index (χ0n) is 6.81. The van der Waals surface area contributed by atoms with E-state index >= 15 is 0 Å². The van der Waals surface area contributed by atoms with Crippen LogP contribution >= 0.6 is 0 Å². The van der Waals surface area contributed by atoms with Crippen LogP contribution in [0.25, 0.3) is 0 Å². The number of hydrogen-bond donors (Lipinski definition) is 0. The molecule has 1 heteroatoms. The number of nitrogens with one attached hydrogen (secondary N) is 1. The number of rotatable bonds is 1. The Morgan fingerprint density at radius 2 is 2.10 bits per heavy atom. The Hall–Kier alpha value is -0.850. The minimum Gasteiger partial charge on any atom is -0.215 e. The summed E-state index contributed by atoms with van der Waals surface area (Å²) in [7, 11) is 0. The second-order valence-corrected chi connectivity index (χ2v) is 2.96. The summed E-state index contributed by atoms with van der Waals surface area (Å²) in [5.41, 5.74) is 2.63. The molecule has 0 atom stereocenters. The largest absolute Gasteiger partial charge is 0.215 e. The standard InChI is InChI=1S/C9H13N/c1-7(2)9-4-5-10-8(3)6-9/h4-7H,1-3H3/p+1. The van der Waals surface area contributed by atoms with Crippen molar-refractivity contribution in [3.8, 4) is 0 Å². The molecule has 0 aliphatic carbocycles. The van der Waals surface area contributed by atoms with Crippen molar-refractivity contribution in [3.05, 3.63) is 29.6 Å². The van der Waals surface area contributed by atoms with Crippen LogP contribution in [-0.2, 0) is 0 Å². The molecule has 54 valence electrons. The quantitative estimate of drug-likeness (QED) is 0.560. The van der Waals surface area contributed by atoms with Crippen LogP contribution in [0, 0.1) is 6.92 Å². The van der Waals surface area contributed by atoms with Crippen molar-refractivity contribution in [2.45, 2.75) is 26.7 Å². The van der Waals surface area contributed by atoms with Gasteiger partial charge in [-0.25, -0.2) is 4.98 Å². The molecule has 10 heavy (non-hydrogen) atoms. The van der Waals surface area contributed by atoms with Gasteiger partial charge in [-0.2, -0.15) is 0 Å². The normalized spacial score (nSPS) is 10.4. The first-order valence-corrected chi connectivity index (χ1v) is 3.68. The zero-order valence-corrected chi connectivity index (χ0v) is 6.81. The molecule has 1 nitrogen and oxygen atoms in total. The maximum absolute atomic E-state index is 3.13. The van der Waals surface area contributed by atoms with Gasteiger partial charge >= 0.3 is 0 Å². The highest BCUT2D eigenvalue weighted by molar-refractivity contribution is 5.15. The summed E-state index contributed by atoms with van der Waals surface area (Å²) in [6.45, 7) is 6.48. The fourth-order valence-corrected chi connectivity index (χ4v) is 0.968. The monoisotopic (exact) mass is 136 g/mol. The van der Waals surface area contributed by atoms with E-state index in [1.54, 1.807) is 0 Å². The van der Waals surface area contributed by atoms with Crippen molar-refractivity contribution < 1.29 is 4.98 Å². The second kappa shape index (κ2) is 2.82. The molecule has 0 saturated heterocycles. The molecule has 0 aliphatic heterocycles. The van der Waals surface area contributed by atoms with Gasteiger partial charge in [0.1, 0.15) is 0 Å². The number of hydrogen-bond acceptors (Lipinski definition) is 0. The predicted octanol–water partition coefficient (Wildman–Crippen LogP) is 1.93. The van der Waals surface area contributed by atoms with Crippen LogP contribution in [0.15, 0.2) is 18.3 Å². The van der Waals surface area contributed by atoms with Gasteiger partial charge in [0, 0.05) is 19.1 Å². The molecule has 0 spiro atoms. The average molecular weight is 136 g/mol. The van der Waals surface area contributed by atoms with Gasteiger partial charge in [0.2, 0.25) is 0 Å². The van der Waals surface area contributed by atoms with Crippen molar-refractivity contribution in [2.24, 2.45) is 0 Å². The van der Waals surface area contributed by atoms with E-state index in [9.17, 15) is 0 Å². The maximum Gasteiger partial charge on any atom is 0.176 e. The number of aromatic amines is 1. The molecule has 0 aromatic carbocycles. The van der Waals surface area contributed by atoms with Crippen molar-refractivity contribution in [1.29, 1.82) is 0 Å². The van der Waals surface area contributed by atoms with Crippen molar-refractivity contribution in [1.82, 2.24) is 0 Å². The second-order valence-electron chi connectivity index (χ2n) is 2.96. The minimum atomic E-state index is 0.633. The molecule has 0 amide bonds. The molecule has 0 fully saturated rings. The Bertz CT molecular complexity index is 216. The lowest BCUT2D eigenvalue weighted by molar-refractivity contribution is -0.387. The van der Waals surface area contributed by atoms with Crippen molar-refractivity contribution in [2.75, 3.05) is 0 Å². The Balaban J connectivity index is 2.96. The summed E-state index contributed by atoms with van der Waals surface area (Å²) in [5.74, 6) is 0.633. The third kappa shape index (κ3) is 1.56. The molecule has 1 rings (SSSR count). The van der Waals surface area contributed by atoms with Crippen molar-refractivity contribution >= 4 is 0 Å². The number of pyridine rings is 1. The first-order chi connectivity index (χ1) is 4.70. The van der Waals surface area contributed by atoms with E-state index in [2.05, 4.69) is 37.9 Å². The van der Waals surface area contributed by atoms with Crippen LogP contribution in [0.2, 0.25) is 0 Å². The van der Waals surface area contributed by atoms with Gasteiger partial charge in [-0.3, -0.25) is 0 Å². The Morgan fingerprint density at radius 3 is 2.50 bits per heavy atom. The minimum absolute atomic E-state index is 0.633. The lowest BCUT2D eigenvalue weighted by Gasteiger charge is -2.01. The molecule has 1 heterocycles. The SMILES string of the molecule is Cc1cc(C(C)C)cc[nH+]1. The Morgan fingerprint density at radius 1 is 1.40 bits per heavy atom. The zero-order chi connectivity index (χ0) is 7.56. The Kier molecular flexibility index (Phi) is 2.05. The first-order valence-electron chi connectivity index (χ1n) is 3.68. The third-order valence-electron chi connectivity index (χ3n) is 1.64. The van der Waals surface area contributed by atoms with E-state index in [0.29, 0.717) is 5.92 Å². The molecule has 0 aliphatic rings. The highest BCUT2D eigenvalue weighted by atomic mass is 14.6. The summed E-state index contributed by atoms with van der Waals surface area (Å²) in [6.07, 6.45) is 1.99. The molecule has 0 radical (unpaired) electrons. The molecule has 0 bridgehead atoms. The van der Waals surface area contributed by atoms with E-state index in [1.165, 1.54) is 11.3 Å². The van der Waals surface area contributed by atoms with Crippen molar-refractivity contribution in [3.63, 3.8) is 0 Å². The van der Waals surface area contributed by atoms with Gasteiger partial charge < -0.3 is 0 Å². The molecule has 1 N–H and O–H groups in total. The fourth-order valence-electron chi connectivity index (χ4n) is 0.968. The maximum atomic E-state index is 3.13. The number of aromatic nitrogens is 1. The van der Waals surface area contributed by atoms with E-state index in [4.69, 9.17) is 0 Å². The van der Waals surface area contributed by atoms with E-state index in [-0.39, 0.29) is 0 Å². The summed E-state index contributed by atoms with van der Waals surface area (Å²) in [6, 6.07) is 4.31. The van der Waals surface area contributed by atoms with Gasteiger partial charge in [-0.05, 0) is 11.5 Å². The number of H-pyrrole nitrogens is 1. The summed E-state index contributed by atoms with van der Waals surface area (Å²) < 4.78 is 0. The Labute approximate surface area is 62.1 Å². The smallest absolute Gasteiger partial charge is 0.176 e. The van der Waals surface area contributed by atoms with Gasteiger partial charge in [0.25, 0.3) is 0 Å². The predicted molar refractivity (Wildman–Crippen MR) is 41.8 cm³/mol. The summed E-state index contributed by atoms with van der Waals surface area (Å²) in [5, 5.41) is 0. The van der Waals surface area contributed by atoms with E-state index in [1.807, 2.05) is 6.20 Å². The highest BCUT2D eigenvalue weighted by Crippen LogP contribution is 2.11. The molecule has 1 aromatic heterocycles. The van der Waals surface area contributed by atoms with Gasteiger partial charge in [-0.1, -0.05) is 13.8 Å². The lowest BCUT2D eigenvalue weighted by Crippen LogP contribution is -2.06. The molecule has 0 unspecified atom stereocenters. The topological polar surface area (TPSA) is 14.1 Å². The number of aryl methyl sites for hydroxylation is 1. The van der Waals surface area contributed by atoms with Crippen LogP contribution in [0.3, 0.4) is 0 Å². The van der Waals surface area contributed by atoms with Crippen LogP contribution in [-0.4, -0.2) is 0 Å². The fraction of sp³-hybridized carbons (Fsp3) is 0.444. The molecular weight excluding hydrogens is 122 g/mol.